The fourth-order valence-electron chi connectivity index (χ4n) is 1.83. The average Bonchev–Trinajstić information content (AvgIpc) is 2.57. The zero-order chi connectivity index (χ0) is 17.4. The summed E-state index contributed by atoms with van der Waals surface area (Å²) in [5.74, 6) is -1.24. The molecular formula is C17H16ClN3O3. The van der Waals surface area contributed by atoms with Gasteiger partial charge in [0.25, 0.3) is 0 Å². The van der Waals surface area contributed by atoms with E-state index in [1.165, 1.54) is 6.21 Å². The van der Waals surface area contributed by atoms with Gasteiger partial charge in [0, 0.05) is 5.02 Å². The standard InChI is InChI=1S/C17H16ClN3O3/c1-2-24-15-9-4-3-8-14(15)20-16(22)17(23)21-19-11-12-6-5-7-13(18)10-12/h3-11H,2H2,1H3,(H,20,22)(H,21,23). The summed E-state index contributed by atoms with van der Waals surface area (Å²) in [6.45, 7) is 2.28. The molecule has 0 heterocycles. The molecule has 0 atom stereocenters. The van der Waals surface area contributed by atoms with Crippen molar-refractivity contribution in [3.05, 3.63) is 59.1 Å². The topological polar surface area (TPSA) is 79.8 Å². The Kier molecular flexibility index (Phi) is 6.33. The van der Waals surface area contributed by atoms with Crippen molar-refractivity contribution in [3.63, 3.8) is 0 Å². The molecule has 0 aliphatic heterocycles. The van der Waals surface area contributed by atoms with Crippen LogP contribution in [0.5, 0.6) is 5.75 Å². The molecule has 6 nitrogen and oxygen atoms in total. The zero-order valence-corrected chi connectivity index (χ0v) is 13.7. The third-order valence-corrected chi connectivity index (χ3v) is 3.10. The zero-order valence-electron chi connectivity index (χ0n) is 13.0. The average molecular weight is 346 g/mol. The summed E-state index contributed by atoms with van der Waals surface area (Å²) in [4.78, 5) is 23.7. The van der Waals surface area contributed by atoms with Crippen molar-refractivity contribution >= 4 is 35.3 Å². The number of anilines is 1. The third-order valence-electron chi connectivity index (χ3n) is 2.87. The van der Waals surface area contributed by atoms with Crippen LogP contribution in [-0.4, -0.2) is 24.6 Å². The van der Waals surface area contributed by atoms with Crippen molar-refractivity contribution in [1.82, 2.24) is 5.43 Å². The minimum absolute atomic E-state index is 0.415. The van der Waals surface area contributed by atoms with Gasteiger partial charge in [0.05, 0.1) is 18.5 Å². The Morgan fingerprint density at radius 3 is 2.71 bits per heavy atom. The van der Waals surface area contributed by atoms with E-state index in [9.17, 15) is 9.59 Å². The fraction of sp³-hybridized carbons (Fsp3) is 0.118. The Bertz CT molecular complexity index is 762. The Labute approximate surface area is 144 Å². The first-order chi connectivity index (χ1) is 11.6. The minimum Gasteiger partial charge on any atom is -0.492 e. The van der Waals surface area contributed by atoms with Crippen LogP contribution in [0.3, 0.4) is 0 Å². The van der Waals surface area contributed by atoms with E-state index in [2.05, 4.69) is 15.8 Å². The number of para-hydroxylation sites is 2. The second-order valence-corrected chi connectivity index (χ2v) is 5.07. The van der Waals surface area contributed by atoms with E-state index >= 15 is 0 Å². The SMILES string of the molecule is CCOc1ccccc1NC(=O)C(=O)NN=Cc1cccc(Cl)c1. The van der Waals surface area contributed by atoms with Crippen molar-refractivity contribution in [3.8, 4) is 5.75 Å². The maximum Gasteiger partial charge on any atom is 0.329 e. The quantitative estimate of drug-likeness (QED) is 0.497. The Hall–Kier alpha value is -2.86. The molecule has 0 aliphatic carbocycles. The summed E-state index contributed by atoms with van der Waals surface area (Å²) in [6.07, 6.45) is 1.39. The number of nitrogens with zero attached hydrogens (tertiary/aromatic N) is 1. The predicted molar refractivity (Wildman–Crippen MR) is 93.4 cm³/mol. The highest BCUT2D eigenvalue weighted by atomic mass is 35.5. The lowest BCUT2D eigenvalue weighted by Crippen LogP contribution is -2.32. The minimum atomic E-state index is -0.889. The van der Waals surface area contributed by atoms with Gasteiger partial charge in [-0.3, -0.25) is 9.59 Å². The fourth-order valence-corrected chi connectivity index (χ4v) is 2.03. The van der Waals surface area contributed by atoms with Crippen LogP contribution in [0, 0.1) is 0 Å². The first-order valence-corrected chi connectivity index (χ1v) is 7.59. The number of rotatable bonds is 5. The van der Waals surface area contributed by atoms with Crippen molar-refractivity contribution in [2.24, 2.45) is 5.10 Å². The van der Waals surface area contributed by atoms with Crippen molar-refractivity contribution in [1.29, 1.82) is 0 Å². The lowest BCUT2D eigenvalue weighted by Gasteiger charge is -2.10. The van der Waals surface area contributed by atoms with Gasteiger partial charge in [-0.25, -0.2) is 5.43 Å². The number of nitrogens with one attached hydrogen (secondary N) is 2. The highest BCUT2D eigenvalue weighted by Crippen LogP contribution is 2.23. The lowest BCUT2D eigenvalue weighted by atomic mass is 10.2. The van der Waals surface area contributed by atoms with E-state index in [0.29, 0.717) is 28.6 Å². The van der Waals surface area contributed by atoms with E-state index in [1.54, 1.807) is 48.5 Å². The molecular weight excluding hydrogens is 330 g/mol. The summed E-state index contributed by atoms with van der Waals surface area (Å²) < 4.78 is 5.38. The number of ether oxygens (including phenoxy) is 1. The summed E-state index contributed by atoms with van der Waals surface area (Å²) >= 11 is 5.84. The van der Waals surface area contributed by atoms with Gasteiger partial charge >= 0.3 is 11.8 Å². The van der Waals surface area contributed by atoms with E-state index < -0.39 is 11.8 Å². The van der Waals surface area contributed by atoms with E-state index in [1.807, 2.05) is 6.92 Å². The normalized spacial score (nSPS) is 10.4. The summed E-state index contributed by atoms with van der Waals surface area (Å²) in [7, 11) is 0. The molecule has 24 heavy (non-hydrogen) atoms. The molecule has 2 N–H and O–H groups in total. The van der Waals surface area contributed by atoms with Crippen LogP contribution in [0.1, 0.15) is 12.5 Å². The molecule has 0 saturated heterocycles. The molecule has 0 unspecified atom stereocenters. The Morgan fingerprint density at radius 2 is 1.96 bits per heavy atom. The smallest absolute Gasteiger partial charge is 0.329 e. The summed E-state index contributed by atoms with van der Waals surface area (Å²) in [5, 5.41) is 6.76. The maximum atomic E-state index is 11.9. The van der Waals surface area contributed by atoms with Crippen LogP contribution in [-0.2, 0) is 9.59 Å². The highest BCUT2D eigenvalue weighted by molar-refractivity contribution is 6.39. The van der Waals surface area contributed by atoms with Crippen LogP contribution in [0.4, 0.5) is 5.69 Å². The summed E-state index contributed by atoms with van der Waals surface area (Å²) in [6, 6.07) is 13.8. The van der Waals surface area contributed by atoms with Crippen LogP contribution in [0.2, 0.25) is 5.02 Å². The van der Waals surface area contributed by atoms with Gasteiger partial charge in [-0.05, 0) is 36.8 Å². The van der Waals surface area contributed by atoms with Gasteiger partial charge in [0.1, 0.15) is 5.75 Å². The number of amides is 2. The number of halogens is 1. The number of benzene rings is 2. The first kappa shape index (κ1) is 17.5. The molecule has 2 aromatic carbocycles. The van der Waals surface area contributed by atoms with E-state index in [4.69, 9.17) is 16.3 Å². The third kappa shape index (κ3) is 5.10. The largest absolute Gasteiger partial charge is 0.492 e. The molecule has 0 bridgehead atoms. The molecule has 2 aromatic rings. The van der Waals surface area contributed by atoms with Crippen LogP contribution in [0.15, 0.2) is 53.6 Å². The second-order valence-electron chi connectivity index (χ2n) is 4.64. The van der Waals surface area contributed by atoms with Gasteiger partial charge in [0.2, 0.25) is 0 Å². The van der Waals surface area contributed by atoms with Crippen molar-refractivity contribution < 1.29 is 14.3 Å². The van der Waals surface area contributed by atoms with Gasteiger partial charge in [-0.2, -0.15) is 5.10 Å². The van der Waals surface area contributed by atoms with Crippen LogP contribution < -0.4 is 15.5 Å². The van der Waals surface area contributed by atoms with Crippen LogP contribution >= 0.6 is 11.6 Å². The maximum absolute atomic E-state index is 11.9. The number of hydrogen-bond donors (Lipinski definition) is 2. The number of hydrazone groups is 1. The van der Waals surface area contributed by atoms with E-state index in [0.717, 1.165) is 0 Å². The first-order valence-electron chi connectivity index (χ1n) is 7.22. The predicted octanol–water partition coefficient (Wildman–Crippen LogP) is 2.83. The Morgan fingerprint density at radius 1 is 1.17 bits per heavy atom. The van der Waals surface area contributed by atoms with Gasteiger partial charge in [0.15, 0.2) is 0 Å². The Balaban J connectivity index is 1.94. The van der Waals surface area contributed by atoms with Crippen LogP contribution in [0.25, 0.3) is 0 Å². The van der Waals surface area contributed by atoms with Gasteiger partial charge < -0.3 is 10.1 Å². The number of hydrogen-bond acceptors (Lipinski definition) is 4. The molecule has 0 fully saturated rings. The molecule has 0 spiro atoms. The molecule has 0 saturated carbocycles. The van der Waals surface area contributed by atoms with E-state index in [-0.39, 0.29) is 0 Å². The summed E-state index contributed by atoms with van der Waals surface area (Å²) in [5.41, 5.74) is 3.27. The molecule has 2 amide bonds. The number of carbonyl (C=O) groups excluding carboxylic acids is 2. The molecule has 124 valence electrons. The lowest BCUT2D eigenvalue weighted by molar-refractivity contribution is -0.136. The van der Waals surface area contributed by atoms with Crippen molar-refractivity contribution in [2.75, 3.05) is 11.9 Å². The molecule has 7 heteroatoms. The second kappa shape index (κ2) is 8.69. The molecule has 2 rings (SSSR count). The molecule has 0 radical (unpaired) electrons. The van der Waals surface area contributed by atoms with Gasteiger partial charge in [-0.1, -0.05) is 35.9 Å². The molecule has 0 aliphatic rings. The van der Waals surface area contributed by atoms with Crippen molar-refractivity contribution in [2.45, 2.75) is 6.92 Å². The monoisotopic (exact) mass is 345 g/mol. The number of carbonyl (C=O) groups is 2. The highest BCUT2D eigenvalue weighted by Gasteiger charge is 2.15. The molecule has 0 aromatic heterocycles. The van der Waals surface area contributed by atoms with Gasteiger partial charge in [-0.15, -0.1) is 0 Å².